The molecule has 106 valence electrons. The summed E-state index contributed by atoms with van der Waals surface area (Å²) in [6.07, 6.45) is 0.483. The number of hydrogen-bond donors (Lipinski definition) is 2. The molecule has 19 heavy (non-hydrogen) atoms. The van der Waals surface area contributed by atoms with Crippen LogP contribution in [0.4, 0.5) is 4.79 Å². The van der Waals surface area contributed by atoms with Gasteiger partial charge in [0.05, 0.1) is 12.5 Å². The van der Waals surface area contributed by atoms with Gasteiger partial charge in [-0.05, 0) is 25.5 Å². The number of hydrogen-bond acceptors (Lipinski definition) is 3. The zero-order chi connectivity index (χ0) is 14.4. The van der Waals surface area contributed by atoms with E-state index >= 15 is 0 Å². The maximum absolute atomic E-state index is 11.8. The second-order valence-corrected chi connectivity index (χ2v) is 4.50. The number of aliphatic carboxylic acids is 1. The molecule has 0 saturated heterocycles. The lowest BCUT2D eigenvalue weighted by molar-refractivity contribution is -0.141. The van der Waals surface area contributed by atoms with E-state index in [0.29, 0.717) is 18.7 Å². The summed E-state index contributed by atoms with van der Waals surface area (Å²) in [6.45, 7) is 4.10. The summed E-state index contributed by atoms with van der Waals surface area (Å²) >= 11 is 0. The molecule has 0 spiro atoms. The summed E-state index contributed by atoms with van der Waals surface area (Å²) in [5.74, 6) is 0.0384. The Labute approximate surface area is 112 Å². The molecule has 1 aromatic heterocycles. The third kappa shape index (κ3) is 4.65. The van der Waals surface area contributed by atoms with Crippen LogP contribution in [0, 0.1) is 12.8 Å². The first-order valence-electron chi connectivity index (χ1n) is 6.21. The SMILES string of the molecule is CCC(CNC(=O)N(C)Cc1ccc(C)o1)C(=O)O. The first-order chi connectivity index (χ1) is 8.93. The Morgan fingerprint density at radius 2 is 2.16 bits per heavy atom. The maximum atomic E-state index is 11.8. The van der Waals surface area contributed by atoms with Crippen molar-refractivity contribution < 1.29 is 19.1 Å². The summed E-state index contributed by atoms with van der Waals surface area (Å²) in [7, 11) is 1.63. The lowest BCUT2D eigenvalue weighted by Gasteiger charge is -2.18. The Balaban J connectivity index is 2.42. The van der Waals surface area contributed by atoms with E-state index in [1.807, 2.05) is 19.1 Å². The smallest absolute Gasteiger partial charge is 0.317 e. The number of urea groups is 1. The summed E-state index contributed by atoms with van der Waals surface area (Å²) in [5, 5.41) is 11.5. The van der Waals surface area contributed by atoms with Crippen molar-refractivity contribution in [3.63, 3.8) is 0 Å². The van der Waals surface area contributed by atoms with Crippen molar-refractivity contribution in [1.82, 2.24) is 10.2 Å². The average Bonchev–Trinajstić information content (AvgIpc) is 2.74. The van der Waals surface area contributed by atoms with Crippen molar-refractivity contribution in [2.24, 2.45) is 5.92 Å². The minimum absolute atomic E-state index is 0.131. The second kappa shape index (κ2) is 6.82. The molecular weight excluding hydrogens is 248 g/mol. The van der Waals surface area contributed by atoms with Gasteiger partial charge in [-0.15, -0.1) is 0 Å². The van der Waals surface area contributed by atoms with Crippen LogP contribution >= 0.6 is 0 Å². The van der Waals surface area contributed by atoms with Gasteiger partial charge in [0.25, 0.3) is 0 Å². The Morgan fingerprint density at radius 3 is 2.63 bits per heavy atom. The predicted octanol–water partition coefficient (Wildman–Crippen LogP) is 1.84. The molecule has 1 atom stereocenters. The van der Waals surface area contributed by atoms with E-state index in [0.717, 1.165) is 5.76 Å². The van der Waals surface area contributed by atoms with Gasteiger partial charge in [-0.3, -0.25) is 4.79 Å². The lowest BCUT2D eigenvalue weighted by Crippen LogP contribution is -2.40. The summed E-state index contributed by atoms with van der Waals surface area (Å²) < 4.78 is 5.37. The van der Waals surface area contributed by atoms with E-state index in [9.17, 15) is 9.59 Å². The standard InChI is InChI=1S/C13H20N2O4/c1-4-10(12(16)17)7-14-13(18)15(3)8-11-6-5-9(2)19-11/h5-6,10H,4,7-8H2,1-3H3,(H,14,18)(H,16,17). The van der Waals surface area contributed by atoms with Crippen molar-refractivity contribution >= 4 is 12.0 Å². The number of rotatable bonds is 6. The van der Waals surface area contributed by atoms with Crippen molar-refractivity contribution in [1.29, 1.82) is 0 Å². The van der Waals surface area contributed by atoms with Crippen molar-refractivity contribution in [3.05, 3.63) is 23.7 Å². The van der Waals surface area contributed by atoms with Crippen LogP contribution in [0.2, 0.25) is 0 Å². The fourth-order valence-electron chi connectivity index (χ4n) is 1.63. The highest BCUT2D eigenvalue weighted by Crippen LogP contribution is 2.08. The van der Waals surface area contributed by atoms with E-state index in [-0.39, 0.29) is 12.6 Å². The molecule has 1 aromatic rings. The van der Waals surface area contributed by atoms with Gasteiger partial charge in [0.2, 0.25) is 0 Å². The lowest BCUT2D eigenvalue weighted by atomic mass is 10.1. The average molecular weight is 268 g/mol. The van der Waals surface area contributed by atoms with Gasteiger partial charge < -0.3 is 19.7 Å². The number of furan rings is 1. The highest BCUT2D eigenvalue weighted by atomic mass is 16.4. The van der Waals surface area contributed by atoms with Gasteiger partial charge in [0.15, 0.2) is 0 Å². The summed E-state index contributed by atoms with van der Waals surface area (Å²) in [6, 6.07) is 3.33. The minimum atomic E-state index is -0.896. The molecule has 1 unspecified atom stereocenters. The third-order valence-electron chi connectivity index (χ3n) is 2.88. The molecule has 6 nitrogen and oxygen atoms in total. The van der Waals surface area contributed by atoms with Crippen molar-refractivity contribution in [2.45, 2.75) is 26.8 Å². The van der Waals surface area contributed by atoms with E-state index in [2.05, 4.69) is 5.32 Å². The number of amides is 2. The molecule has 2 amide bonds. The third-order valence-corrected chi connectivity index (χ3v) is 2.88. The summed E-state index contributed by atoms with van der Waals surface area (Å²) in [5.41, 5.74) is 0. The van der Waals surface area contributed by atoms with Crippen LogP contribution in [0.3, 0.4) is 0 Å². The van der Waals surface area contributed by atoms with Crippen LogP contribution in [0.1, 0.15) is 24.9 Å². The summed E-state index contributed by atoms with van der Waals surface area (Å²) in [4.78, 5) is 24.1. The van der Waals surface area contributed by atoms with Crippen molar-refractivity contribution in [3.8, 4) is 0 Å². The largest absolute Gasteiger partial charge is 0.481 e. The number of aryl methyl sites for hydroxylation is 1. The van der Waals surface area contributed by atoms with E-state index in [1.54, 1.807) is 14.0 Å². The molecule has 0 aromatic carbocycles. The molecule has 0 aliphatic rings. The molecule has 2 N–H and O–H groups in total. The predicted molar refractivity (Wildman–Crippen MR) is 69.7 cm³/mol. The fourth-order valence-corrected chi connectivity index (χ4v) is 1.63. The monoisotopic (exact) mass is 268 g/mol. The van der Waals surface area contributed by atoms with Gasteiger partial charge in [-0.1, -0.05) is 6.92 Å². The molecule has 1 heterocycles. The number of carboxylic acids is 1. The Bertz CT molecular complexity index is 442. The van der Waals surface area contributed by atoms with E-state index in [4.69, 9.17) is 9.52 Å². The maximum Gasteiger partial charge on any atom is 0.317 e. The first-order valence-corrected chi connectivity index (χ1v) is 6.21. The molecule has 0 aliphatic carbocycles. The molecule has 0 aliphatic heterocycles. The zero-order valence-corrected chi connectivity index (χ0v) is 11.5. The second-order valence-electron chi connectivity index (χ2n) is 4.50. The van der Waals surface area contributed by atoms with E-state index in [1.165, 1.54) is 4.90 Å². The highest BCUT2D eigenvalue weighted by Gasteiger charge is 2.17. The van der Waals surface area contributed by atoms with Crippen LogP contribution in [0.5, 0.6) is 0 Å². The topological polar surface area (TPSA) is 82.8 Å². The van der Waals surface area contributed by atoms with Crippen molar-refractivity contribution in [2.75, 3.05) is 13.6 Å². The van der Waals surface area contributed by atoms with Crippen LogP contribution in [0.15, 0.2) is 16.5 Å². The molecule has 0 bridgehead atoms. The quantitative estimate of drug-likeness (QED) is 0.824. The Hall–Kier alpha value is -1.98. The van der Waals surface area contributed by atoms with Gasteiger partial charge in [-0.2, -0.15) is 0 Å². The molecule has 0 radical (unpaired) electrons. The van der Waals surface area contributed by atoms with Gasteiger partial charge in [-0.25, -0.2) is 4.79 Å². The first kappa shape index (κ1) is 15.1. The normalized spacial score (nSPS) is 11.9. The minimum Gasteiger partial charge on any atom is -0.481 e. The Morgan fingerprint density at radius 1 is 1.47 bits per heavy atom. The number of carbonyl (C=O) groups excluding carboxylic acids is 1. The van der Waals surface area contributed by atoms with Crippen LogP contribution in [0.25, 0.3) is 0 Å². The number of nitrogens with zero attached hydrogens (tertiary/aromatic N) is 1. The number of carboxylic acid groups (broad SMARTS) is 1. The highest BCUT2D eigenvalue weighted by molar-refractivity contribution is 5.75. The molecular formula is C13H20N2O4. The number of nitrogens with one attached hydrogen (secondary N) is 1. The van der Waals surface area contributed by atoms with Crippen LogP contribution in [-0.4, -0.2) is 35.6 Å². The molecule has 1 rings (SSSR count). The zero-order valence-electron chi connectivity index (χ0n) is 11.5. The molecule has 0 fully saturated rings. The van der Waals surface area contributed by atoms with Crippen LogP contribution in [-0.2, 0) is 11.3 Å². The number of carbonyl (C=O) groups is 2. The Kier molecular flexibility index (Phi) is 5.41. The van der Waals surface area contributed by atoms with Crippen LogP contribution < -0.4 is 5.32 Å². The molecule has 6 heteroatoms. The fraction of sp³-hybridized carbons (Fsp3) is 0.538. The van der Waals surface area contributed by atoms with E-state index < -0.39 is 11.9 Å². The van der Waals surface area contributed by atoms with Gasteiger partial charge in [0.1, 0.15) is 11.5 Å². The molecule has 0 saturated carbocycles. The van der Waals surface area contributed by atoms with Gasteiger partial charge in [0, 0.05) is 13.6 Å². The van der Waals surface area contributed by atoms with Gasteiger partial charge >= 0.3 is 12.0 Å².